The molecule has 1 N–H and O–H groups in total. The second kappa shape index (κ2) is 11.5. The number of morpholine rings is 1. The number of amides is 1. The van der Waals surface area contributed by atoms with Gasteiger partial charge in [0.15, 0.2) is 11.5 Å². The Labute approximate surface area is 201 Å². The Morgan fingerprint density at radius 1 is 1.06 bits per heavy atom. The largest absolute Gasteiger partial charge is 0.493 e. The van der Waals surface area contributed by atoms with Crippen molar-refractivity contribution in [2.45, 2.75) is 25.7 Å². The van der Waals surface area contributed by atoms with Gasteiger partial charge in [0.2, 0.25) is 10.0 Å². The summed E-state index contributed by atoms with van der Waals surface area (Å²) in [5.74, 6) is 0.652. The van der Waals surface area contributed by atoms with E-state index in [4.69, 9.17) is 14.2 Å². The standard InChI is InChI=1S/C24H33N3O6S/c1-5-27(6-2)34(29,30)19-9-10-21(26-12-14-32-15-13-26)20(17-19)24(28)25-18-8-11-22(33-7-3)23(16-18)31-4/h8-11,16-17H,5-7,12-15H2,1-4H3,(H,25,28). The first-order chi connectivity index (χ1) is 16.3. The topological polar surface area (TPSA) is 97.4 Å². The summed E-state index contributed by atoms with van der Waals surface area (Å²) in [5.41, 5.74) is 1.45. The van der Waals surface area contributed by atoms with Crippen molar-refractivity contribution < 1.29 is 27.4 Å². The number of carbonyl (C=O) groups excluding carboxylic acids is 1. The molecular formula is C24H33N3O6S. The maximum Gasteiger partial charge on any atom is 0.257 e. The molecule has 0 unspecified atom stereocenters. The Morgan fingerprint density at radius 3 is 2.38 bits per heavy atom. The fourth-order valence-corrected chi connectivity index (χ4v) is 5.35. The molecule has 0 spiro atoms. The number of hydrogen-bond acceptors (Lipinski definition) is 7. The molecule has 0 aliphatic carbocycles. The second-order valence-corrected chi connectivity index (χ2v) is 9.56. The van der Waals surface area contributed by atoms with Gasteiger partial charge in [0.05, 0.1) is 37.4 Å². The molecule has 1 amide bonds. The van der Waals surface area contributed by atoms with E-state index < -0.39 is 15.9 Å². The highest BCUT2D eigenvalue weighted by atomic mass is 32.2. The first kappa shape index (κ1) is 25.8. The average Bonchev–Trinajstić information content (AvgIpc) is 2.85. The minimum absolute atomic E-state index is 0.0858. The van der Waals surface area contributed by atoms with Gasteiger partial charge in [0.25, 0.3) is 5.91 Å². The molecule has 1 heterocycles. The SMILES string of the molecule is CCOc1ccc(NC(=O)c2cc(S(=O)(=O)N(CC)CC)ccc2N2CCOCC2)cc1OC. The van der Waals surface area contributed by atoms with E-state index in [1.165, 1.54) is 17.5 Å². The van der Waals surface area contributed by atoms with Crippen molar-refractivity contribution in [3.63, 3.8) is 0 Å². The van der Waals surface area contributed by atoms with E-state index in [1.807, 2.05) is 11.8 Å². The summed E-state index contributed by atoms with van der Waals surface area (Å²) in [6, 6.07) is 9.84. The molecule has 0 aromatic heterocycles. The molecule has 2 aromatic rings. The fourth-order valence-electron chi connectivity index (χ4n) is 3.87. The third-order valence-corrected chi connectivity index (χ3v) is 7.67. The van der Waals surface area contributed by atoms with E-state index in [0.717, 1.165) is 0 Å². The van der Waals surface area contributed by atoms with Crippen molar-refractivity contribution in [2.75, 3.05) is 63.3 Å². The lowest BCUT2D eigenvalue weighted by Crippen LogP contribution is -2.37. The van der Waals surface area contributed by atoms with Crippen molar-refractivity contribution in [1.82, 2.24) is 4.31 Å². The summed E-state index contributed by atoms with van der Waals surface area (Å²) in [6.07, 6.45) is 0. The van der Waals surface area contributed by atoms with Crippen LogP contribution < -0.4 is 19.7 Å². The van der Waals surface area contributed by atoms with E-state index in [-0.39, 0.29) is 10.5 Å². The number of nitrogens with one attached hydrogen (secondary N) is 1. The number of anilines is 2. The Bertz CT molecular complexity index is 1100. The maximum atomic E-state index is 13.4. The predicted octanol–water partition coefficient (Wildman–Crippen LogP) is 3.21. The number of hydrogen-bond donors (Lipinski definition) is 1. The zero-order valence-corrected chi connectivity index (χ0v) is 21.0. The van der Waals surface area contributed by atoms with Crippen molar-refractivity contribution >= 4 is 27.3 Å². The highest BCUT2D eigenvalue weighted by molar-refractivity contribution is 7.89. The van der Waals surface area contributed by atoms with Crippen molar-refractivity contribution in [1.29, 1.82) is 0 Å². The summed E-state index contributed by atoms with van der Waals surface area (Å²) in [4.78, 5) is 15.5. The van der Waals surface area contributed by atoms with Gasteiger partial charge in [-0.15, -0.1) is 0 Å². The third-order valence-electron chi connectivity index (χ3n) is 5.63. The van der Waals surface area contributed by atoms with Crippen LogP contribution >= 0.6 is 0 Å². The highest BCUT2D eigenvalue weighted by Crippen LogP contribution is 2.32. The van der Waals surface area contributed by atoms with Gasteiger partial charge in [-0.3, -0.25) is 4.79 Å². The van der Waals surface area contributed by atoms with Gasteiger partial charge in [-0.25, -0.2) is 8.42 Å². The first-order valence-electron chi connectivity index (χ1n) is 11.4. The Hall–Kier alpha value is -2.82. The van der Waals surface area contributed by atoms with Gasteiger partial charge in [0.1, 0.15) is 0 Å². The minimum atomic E-state index is -3.73. The molecule has 2 aromatic carbocycles. The molecule has 34 heavy (non-hydrogen) atoms. The van der Waals surface area contributed by atoms with Crippen LogP contribution in [0.4, 0.5) is 11.4 Å². The smallest absolute Gasteiger partial charge is 0.257 e. The first-order valence-corrected chi connectivity index (χ1v) is 12.9. The third kappa shape index (κ3) is 5.63. The molecule has 1 saturated heterocycles. The molecule has 3 rings (SSSR count). The lowest BCUT2D eigenvalue weighted by molar-refractivity contribution is 0.102. The van der Waals surface area contributed by atoms with Crippen LogP contribution in [0.15, 0.2) is 41.3 Å². The molecule has 0 bridgehead atoms. The van der Waals surface area contributed by atoms with E-state index in [2.05, 4.69) is 5.32 Å². The summed E-state index contributed by atoms with van der Waals surface area (Å²) < 4.78 is 44.0. The summed E-state index contributed by atoms with van der Waals surface area (Å²) in [6.45, 7) is 8.92. The molecule has 1 fully saturated rings. The normalized spacial score (nSPS) is 14.2. The van der Waals surface area contributed by atoms with E-state index >= 15 is 0 Å². The van der Waals surface area contributed by atoms with Crippen LogP contribution in [-0.4, -0.2) is 71.7 Å². The molecule has 0 radical (unpaired) electrons. The number of methoxy groups -OCH3 is 1. The number of nitrogens with zero attached hydrogens (tertiary/aromatic N) is 2. The number of rotatable bonds is 10. The summed E-state index contributed by atoms with van der Waals surface area (Å²) >= 11 is 0. The monoisotopic (exact) mass is 491 g/mol. The summed E-state index contributed by atoms with van der Waals surface area (Å²) in [5, 5.41) is 2.88. The van der Waals surface area contributed by atoms with Crippen molar-refractivity contribution in [3.8, 4) is 11.5 Å². The minimum Gasteiger partial charge on any atom is -0.493 e. The van der Waals surface area contributed by atoms with Crippen LogP contribution in [0.1, 0.15) is 31.1 Å². The van der Waals surface area contributed by atoms with Crippen LogP contribution in [-0.2, 0) is 14.8 Å². The second-order valence-electron chi connectivity index (χ2n) is 7.62. The Morgan fingerprint density at radius 2 is 1.76 bits per heavy atom. The molecule has 186 valence electrons. The highest BCUT2D eigenvalue weighted by Gasteiger charge is 2.26. The van der Waals surface area contributed by atoms with Gasteiger partial charge in [0, 0.05) is 43.6 Å². The van der Waals surface area contributed by atoms with Crippen LogP contribution in [0.25, 0.3) is 0 Å². The zero-order chi connectivity index (χ0) is 24.7. The van der Waals surface area contributed by atoms with Crippen LogP contribution in [0.2, 0.25) is 0 Å². The Kier molecular flexibility index (Phi) is 8.76. The summed E-state index contributed by atoms with van der Waals surface area (Å²) in [7, 11) is -2.20. The van der Waals surface area contributed by atoms with Crippen molar-refractivity contribution in [2.24, 2.45) is 0 Å². The lowest BCUT2D eigenvalue weighted by Gasteiger charge is -2.30. The van der Waals surface area contributed by atoms with Gasteiger partial charge >= 0.3 is 0 Å². The number of ether oxygens (including phenoxy) is 3. The molecule has 1 aliphatic rings. The average molecular weight is 492 g/mol. The van der Waals surface area contributed by atoms with E-state index in [9.17, 15) is 13.2 Å². The fraction of sp³-hybridized carbons (Fsp3) is 0.458. The number of carbonyl (C=O) groups is 1. The van der Waals surface area contributed by atoms with E-state index in [0.29, 0.717) is 68.9 Å². The van der Waals surface area contributed by atoms with E-state index in [1.54, 1.807) is 44.2 Å². The molecular weight excluding hydrogens is 458 g/mol. The molecule has 0 saturated carbocycles. The molecule has 0 atom stereocenters. The quantitative estimate of drug-likeness (QED) is 0.545. The van der Waals surface area contributed by atoms with Crippen LogP contribution in [0.3, 0.4) is 0 Å². The predicted molar refractivity (Wildman–Crippen MR) is 132 cm³/mol. The molecule has 1 aliphatic heterocycles. The lowest BCUT2D eigenvalue weighted by atomic mass is 10.1. The number of sulfonamides is 1. The van der Waals surface area contributed by atoms with Crippen LogP contribution in [0.5, 0.6) is 11.5 Å². The van der Waals surface area contributed by atoms with Gasteiger partial charge in [-0.2, -0.15) is 4.31 Å². The zero-order valence-electron chi connectivity index (χ0n) is 20.2. The Balaban J connectivity index is 2.00. The molecule has 9 nitrogen and oxygen atoms in total. The van der Waals surface area contributed by atoms with Crippen molar-refractivity contribution in [3.05, 3.63) is 42.0 Å². The van der Waals surface area contributed by atoms with Crippen LogP contribution in [0, 0.1) is 0 Å². The van der Waals surface area contributed by atoms with Gasteiger partial charge in [-0.1, -0.05) is 13.8 Å². The van der Waals surface area contributed by atoms with Gasteiger partial charge in [-0.05, 0) is 37.3 Å². The van der Waals surface area contributed by atoms with Gasteiger partial charge < -0.3 is 24.4 Å². The molecule has 10 heteroatoms. The number of benzene rings is 2. The maximum absolute atomic E-state index is 13.4.